The molecule has 1 aromatic carbocycles. The van der Waals surface area contributed by atoms with Gasteiger partial charge in [-0.2, -0.15) is 0 Å². The predicted octanol–water partition coefficient (Wildman–Crippen LogP) is 2.22. The van der Waals surface area contributed by atoms with Gasteiger partial charge in [0.15, 0.2) is 0 Å². The first-order valence-corrected chi connectivity index (χ1v) is 9.52. The van der Waals surface area contributed by atoms with Crippen LogP contribution in [0.15, 0.2) is 29.8 Å². The Kier molecular flexibility index (Phi) is 4.48. The van der Waals surface area contributed by atoms with Crippen molar-refractivity contribution >= 4 is 28.8 Å². The van der Waals surface area contributed by atoms with Crippen LogP contribution < -0.4 is 4.90 Å². The number of carbonyl (C=O) groups excluding carboxylic acids is 2. The van der Waals surface area contributed by atoms with Crippen LogP contribution >= 0.6 is 11.3 Å². The second-order valence-electron chi connectivity index (χ2n) is 6.54. The van der Waals surface area contributed by atoms with Crippen molar-refractivity contribution in [2.75, 3.05) is 24.5 Å². The maximum atomic E-state index is 12.7. The number of rotatable bonds is 5. The van der Waals surface area contributed by atoms with E-state index in [1.807, 2.05) is 28.0 Å². The van der Waals surface area contributed by atoms with Crippen LogP contribution in [0.3, 0.4) is 0 Å². The summed E-state index contributed by atoms with van der Waals surface area (Å²) in [5.74, 6) is 0.599. The monoisotopic (exact) mass is 356 g/mol. The molecule has 0 aliphatic carbocycles. The summed E-state index contributed by atoms with van der Waals surface area (Å²) >= 11 is 1.41. The number of benzene rings is 1. The summed E-state index contributed by atoms with van der Waals surface area (Å²) in [7, 11) is 0. The molecule has 0 bridgehead atoms. The van der Waals surface area contributed by atoms with Gasteiger partial charge in [-0.3, -0.25) is 9.59 Å². The summed E-state index contributed by atoms with van der Waals surface area (Å²) in [5, 5.41) is 8.52. The van der Waals surface area contributed by atoms with Gasteiger partial charge in [0.2, 0.25) is 11.8 Å². The first-order chi connectivity index (χ1) is 12.2. The fourth-order valence-corrected chi connectivity index (χ4v) is 4.25. The summed E-state index contributed by atoms with van der Waals surface area (Å²) in [5.41, 5.74) is 3.85. The first kappa shape index (κ1) is 16.2. The molecule has 1 saturated heterocycles. The normalized spacial score (nSPS) is 19.5. The average molecular weight is 356 g/mol. The van der Waals surface area contributed by atoms with Gasteiger partial charge in [-0.05, 0) is 24.5 Å². The van der Waals surface area contributed by atoms with E-state index in [1.165, 1.54) is 16.9 Å². The smallest absolute Gasteiger partial charge is 0.233 e. The van der Waals surface area contributed by atoms with E-state index in [2.05, 4.69) is 16.3 Å². The van der Waals surface area contributed by atoms with Crippen LogP contribution in [0.4, 0.5) is 5.69 Å². The Morgan fingerprint density at radius 2 is 2.20 bits per heavy atom. The minimum Gasteiger partial charge on any atom is -0.343 e. The predicted molar refractivity (Wildman–Crippen MR) is 95.6 cm³/mol. The summed E-state index contributed by atoms with van der Waals surface area (Å²) in [6.45, 7) is 2.32. The van der Waals surface area contributed by atoms with E-state index < -0.39 is 0 Å². The zero-order valence-electron chi connectivity index (χ0n) is 13.9. The minimum atomic E-state index is 0.0592. The van der Waals surface area contributed by atoms with Gasteiger partial charge < -0.3 is 9.80 Å². The van der Waals surface area contributed by atoms with Crippen molar-refractivity contribution in [3.8, 4) is 0 Å². The van der Waals surface area contributed by atoms with Gasteiger partial charge in [0.25, 0.3) is 0 Å². The molecular weight excluding hydrogens is 336 g/mol. The van der Waals surface area contributed by atoms with Crippen molar-refractivity contribution in [2.45, 2.75) is 31.6 Å². The third-order valence-corrected chi connectivity index (χ3v) is 5.70. The standard InChI is InChI=1S/C18H20N4O2S/c23-17-6-3-8-21(17)9-7-13-11-22(15-5-2-1-4-14(13)15)18(24)10-16-20-19-12-25-16/h1-2,4-5,12-13H,3,6-11H2. The zero-order chi connectivity index (χ0) is 17.2. The Balaban J connectivity index is 1.47. The van der Waals surface area contributed by atoms with E-state index >= 15 is 0 Å². The molecule has 0 spiro atoms. The Labute approximate surface area is 150 Å². The van der Waals surface area contributed by atoms with Gasteiger partial charge in [-0.25, -0.2) is 0 Å². The molecule has 2 aliphatic rings. The second kappa shape index (κ2) is 6.92. The molecule has 2 aliphatic heterocycles. The van der Waals surface area contributed by atoms with Crippen LogP contribution in [0.5, 0.6) is 0 Å². The molecule has 6 nitrogen and oxygen atoms in total. The molecule has 1 atom stereocenters. The molecule has 130 valence electrons. The second-order valence-corrected chi connectivity index (χ2v) is 7.46. The number of likely N-dealkylation sites (tertiary alicyclic amines) is 1. The maximum Gasteiger partial charge on any atom is 0.233 e. The summed E-state index contributed by atoms with van der Waals surface area (Å²) in [6.07, 6.45) is 2.82. The van der Waals surface area contributed by atoms with E-state index in [4.69, 9.17) is 0 Å². The topological polar surface area (TPSA) is 66.4 Å². The minimum absolute atomic E-state index is 0.0592. The van der Waals surface area contributed by atoms with E-state index in [9.17, 15) is 9.59 Å². The fraction of sp³-hybridized carbons (Fsp3) is 0.444. The number of amides is 2. The van der Waals surface area contributed by atoms with Crippen molar-refractivity contribution in [1.82, 2.24) is 15.1 Å². The van der Waals surface area contributed by atoms with Crippen LogP contribution in [-0.4, -0.2) is 46.5 Å². The van der Waals surface area contributed by atoms with Gasteiger partial charge in [-0.15, -0.1) is 21.5 Å². The van der Waals surface area contributed by atoms with Gasteiger partial charge in [0, 0.05) is 37.7 Å². The van der Waals surface area contributed by atoms with Crippen LogP contribution in [0.1, 0.15) is 35.8 Å². The van der Waals surface area contributed by atoms with Gasteiger partial charge >= 0.3 is 0 Å². The lowest BCUT2D eigenvalue weighted by Gasteiger charge is -2.19. The fourth-order valence-electron chi connectivity index (χ4n) is 3.73. The Hall–Kier alpha value is -2.28. The Morgan fingerprint density at radius 3 is 2.96 bits per heavy atom. The number of aromatic nitrogens is 2. The number of para-hydroxylation sites is 1. The lowest BCUT2D eigenvalue weighted by molar-refractivity contribution is -0.127. The molecule has 0 saturated carbocycles. The molecule has 1 aromatic heterocycles. The highest BCUT2D eigenvalue weighted by molar-refractivity contribution is 7.09. The van der Waals surface area contributed by atoms with E-state index in [0.29, 0.717) is 13.0 Å². The van der Waals surface area contributed by atoms with Crippen LogP contribution in [-0.2, 0) is 16.0 Å². The zero-order valence-corrected chi connectivity index (χ0v) is 14.7. The molecule has 25 heavy (non-hydrogen) atoms. The highest BCUT2D eigenvalue weighted by Gasteiger charge is 2.33. The third kappa shape index (κ3) is 3.28. The van der Waals surface area contributed by atoms with Gasteiger partial charge in [0.1, 0.15) is 10.5 Å². The lowest BCUT2D eigenvalue weighted by Crippen LogP contribution is -2.32. The van der Waals surface area contributed by atoms with Crippen LogP contribution in [0, 0.1) is 0 Å². The number of nitrogens with zero attached hydrogens (tertiary/aromatic N) is 4. The number of fused-ring (bicyclic) bond motifs is 1. The summed E-state index contributed by atoms with van der Waals surface area (Å²) in [4.78, 5) is 28.4. The van der Waals surface area contributed by atoms with Gasteiger partial charge in [0.05, 0.1) is 6.42 Å². The van der Waals surface area contributed by atoms with Crippen LogP contribution in [0.25, 0.3) is 0 Å². The van der Waals surface area contributed by atoms with Crippen molar-refractivity contribution in [2.24, 2.45) is 0 Å². The molecule has 1 fully saturated rings. The quantitative estimate of drug-likeness (QED) is 0.824. The van der Waals surface area contributed by atoms with Crippen molar-refractivity contribution < 1.29 is 9.59 Å². The van der Waals surface area contributed by atoms with E-state index in [-0.39, 0.29) is 24.2 Å². The SMILES string of the molecule is O=C1CCCN1CCC1CN(C(=O)Cc2nncs2)c2ccccc21. The highest BCUT2D eigenvalue weighted by Crippen LogP contribution is 2.38. The number of anilines is 1. The number of hydrogen-bond donors (Lipinski definition) is 0. The van der Waals surface area contributed by atoms with Gasteiger partial charge in [-0.1, -0.05) is 18.2 Å². The summed E-state index contributed by atoms with van der Waals surface area (Å²) in [6, 6.07) is 8.10. The molecule has 7 heteroatoms. The Bertz CT molecular complexity index is 777. The lowest BCUT2D eigenvalue weighted by atomic mass is 9.98. The molecule has 2 amide bonds. The van der Waals surface area contributed by atoms with Crippen molar-refractivity contribution in [1.29, 1.82) is 0 Å². The van der Waals surface area contributed by atoms with Crippen LogP contribution in [0.2, 0.25) is 0 Å². The molecular formula is C18H20N4O2S. The first-order valence-electron chi connectivity index (χ1n) is 8.64. The summed E-state index contributed by atoms with van der Waals surface area (Å²) < 4.78 is 0. The molecule has 0 N–H and O–H groups in total. The Morgan fingerprint density at radius 1 is 1.32 bits per heavy atom. The maximum absolute atomic E-state index is 12.7. The van der Waals surface area contributed by atoms with E-state index in [0.717, 1.165) is 36.6 Å². The number of carbonyl (C=O) groups is 2. The van der Waals surface area contributed by atoms with E-state index in [1.54, 1.807) is 5.51 Å². The third-order valence-electron chi connectivity index (χ3n) is 5.00. The molecule has 4 rings (SSSR count). The van der Waals surface area contributed by atoms with Crippen molar-refractivity contribution in [3.05, 3.63) is 40.3 Å². The molecule has 1 unspecified atom stereocenters. The average Bonchev–Trinajstić information content (AvgIpc) is 3.34. The largest absolute Gasteiger partial charge is 0.343 e. The molecule has 2 aromatic rings. The molecule has 0 radical (unpaired) electrons. The highest BCUT2D eigenvalue weighted by atomic mass is 32.1. The van der Waals surface area contributed by atoms with Crippen molar-refractivity contribution in [3.63, 3.8) is 0 Å². The molecule has 3 heterocycles. The number of hydrogen-bond acceptors (Lipinski definition) is 5.